The minimum Gasteiger partial charge on any atom is -0.374 e. The maximum atomic E-state index is 13.7. The van der Waals surface area contributed by atoms with Gasteiger partial charge < -0.3 is 4.74 Å². The lowest BCUT2D eigenvalue weighted by Crippen LogP contribution is -2.20. The Morgan fingerprint density at radius 1 is 1.00 bits per heavy atom. The zero-order valence-corrected chi connectivity index (χ0v) is 13.6. The van der Waals surface area contributed by atoms with Crippen LogP contribution in [0.25, 0.3) is 0 Å². The van der Waals surface area contributed by atoms with Gasteiger partial charge in [0, 0.05) is 0 Å². The highest BCUT2D eigenvalue weighted by Crippen LogP contribution is 2.14. The molecule has 2 rings (SSSR count). The Kier molecular flexibility index (Phi) is 6.27. The molecular weight excluding hydrogens is 319 g/mol. The van der Waals surface area contributed by atoms with Crippen molar-refractivity contribution in [1.82, 2.24) is 0 Å². The third-order valence-electron chi connectivity index (χ3n) is 3.12. The number of ether oxygens (including phenoxy) is 1. The van der Waals surface area contributed by atoms with Crippen LogP contribution in [0.2, 0.25) is 0 Å². The van der Waals surface area contributed by atoms with Crippen LogP contribution in [0.3, 0.4) is 0 Å². The van der Waals surface area contributed by atoms with Crippen molar-refractivity contribution in [3.63, 3.8) is 0 Å². The summed E-state index contributed by atoms with van der Waals surface area (Å²) in [6.07, 6.45) is -1.51. The first-order valence-electron chi connectivity index (χ1n) is 7.19. The van der Waals surface area contributed by atoms with Crippen molar-refractivity contribution >= 4 is 10.1 Å². The van der Waals surface area contributed by atoms with Gasteiger partial charge in [-0.3, -0.25) is 4.18 Å². The Balaban J connectivity index is 1.77. The third-order valence-corrected chi connectivity index (χ3v) is 4.42. The molecule has 6 heteroatoms. The average molecular weight is 338 g/mol. The van der Waals surface area contributed by atoms with Crippen LogP contribution in [0.15, 0.2) is 59.5 Å². The van der Waals surface area contributed by atoms with Gasteiger partial charge in [0.05, 0.1) is 18.1 Å². The normalized spacial score (nSPS) is 13.0. The van der Waals surface area contributed by atoms with E-state index in [0.29, 0.717) is 0 Å². The molecular formula is C17H19FO4S. The van der Waals surface area contributed by atoms with Crippen molar-refractivity contribution in [1.29, 1.82) is 0 Å². The van der Waals surface area contributed by atoms with Gasteiger partial charge in [-0.25, -0.2) is 4.39 Å². The van der Waals surface area contributed by atoms with E-state index in [-0.39, 0.29) is 18.1 Å². The second kappa shape index (κ2) is 8.19. The van der Waals surface area contributed by atoms with Gasteiger partial charge in [-0.05, 0) is 24.6 Å². The molecule has 0 N–H and O–H groups in total. The Labute approximate surface area is 136 Å². The molecule has 0 aliphatic heterocycles. The Bertz CT molecular complexity index is 699. The van der Waals surface area contributed by atoms with E-state index in [1.165, 1.54) is 12.1 Å². The molecule has 0 radical (unpaired) electrons. The predicted molar refractivity (Wildman–Crippen MR) is 85.3 cm³/mol. The molecule has 0 saturated carbocycles. The van der Waals surface area contributed by atoms with Crippen LogP contribution in [0.1, 0.15) is 11.1 Å². The van der Waals surface area contributed by atoms with Gasteiger partial charge in [-0.1, -0.05) is 48.0 Å². The number of benzene rings is 2. The van der Waals surface area contributed by atoms with Crippen LogP contribution < -0.4 is 0 Å². The Hall–Kier alpha value is -1.76. The van der Waals surface area contributed by atoms with Crippen molar-refractivity contribution in [3.8, 4) is 0 Å². The summed E-state index contributed by atoms with van der Waals surface area (Å²) < 4.78 is 47.5. The molecule has 1 unspecified atom stereocenters. The smallest absolute Gasteiger partial charge is 0.297 e. The fourth-order valence-electron chi connectivity index (χ4n) is 1.86. The van der Waals surface area contributed by atoms with E-state index in [2.05, 4.69) is 0 Å². The predicted octanol–water partition coefficient (Wildman–Crippen LogP) is 3.26. The first kappa shape index (κ1) is 17.6. The molecule has 1 atom stereocenters. The van der Waals surface area contributed by atoms with Crippen LogP contribution in [-0.2, 0) is 25.6 Å². The maximum absolute atomic E-state index is 13.7. The van der Waals surface area contributed by atoms with Crippen molar-refractivity contribution in [2.75, 3.05) is 13.2 Å². The van der Waals surface area contributed by atoms with Crippen LogP contribution in [0, 0.1) is 6.92 Å². The quantitative estimate of drug-likeness (QED) is 0.693. The monoisotopic (exact) mass is 338 g/mol. The Morgan fingerprint density at radius 3 is 2.30 bits per heavy atom. The molecule has 0 spiro atoms. The van der Waals surface area contributed by atoms with Gasteiger partial charge in [-0.2, -0.15) is 8.42 Å². The van der Waals surface area contributed by atoms with Crippen LogP contribution in [-0.4, -0.2) is 27.8 Å². The number of hydrogen-bond acceptors (Lipinski definition) is 4. The van der Waals surface area contributed by atoms with Gasteiger partial charge in [-0.15, -0.1) is 0 Å². The minimum atomic E-state index is -3.94. The van der Waals surface area contributed by atoms with Crippen LogP contribution in [0.4, 0.5) is 4.39 Å². The molecule has 23 heavy (non-hydrogen) atoms. The highest BCUT2D eigenvalue weighted by atomic mass is 32.2. The molecule has 124 valence electrons. The lowest BCUT2D eigenvalue weighted by molar-refractivity contribution is 0.0500. The van der Waals surface area contributed by atoms with E-state index in [1.54, 1.807) is 12.1 Å². The Morgan fingerprint density at radius 2 is 1.65 bits per heavy atom. The van der Waals surface area contributed by atoms with E-state index in [4.69, 9.17) is 8.92 Å². The zero-order valence-electron chi connectivity index (χ0n) is 12.8. The molecule has 0 saturated heterocycles. The van der Waals surface area contributed by atoms with E-state index >= 15 is 0 Å². The van der Waals surface area contributed by atoms with Gasteiger partial charge >= 0.3 is 0 Å². The average Bonchev–Trinajstić information content (AvgIpc) is 2.54. The van der Waals surface area contributed by atoms with Gasteiger partial charge in [0.15, 0.2) is 0 Å². The molecule has 0 fully saturated rings. The summed E-state index contributed by atoms with van der Waals surface area (Å²) in [4.78, 5) is 0.0144. The van der Waals surface area contributed by atoms with Gasteiger partial charge in [0.2, 0.25) is 0 Å². The highest BCUT2D eigenvalue weighted by molar-refractivity contribution is 7.86. The molecule has 0 aromatic heterocycles. The number of halogens is 1. The molecule has 0 aliphatic carbocycles. The minimum absolute atomic E-state index is 0.0144. The van der Waals surface area contributed by atoms with E-state index in [1.807, 2.05) is 37.3 Å². The molecule has 0 aliphatic rings. The van der Waals surface area contributed by atoms with Crippen molar-refractivity contribution < 1.29 is 21.7 Å². The van der Waals surface area contributed by atoms with Crippen molar-refractivity contribution in [3.05, 3.63) is 65.7 Å². The third kappa shape index (κ3) is 5.74. The summed E-state index contributed by atoms with van der Waals surface area (Å²) in [5.74, 6) is 0. The summed E-state index contributed by atoms with van der Waals surface area (Å²) in [6.45, 7) is 1.33. The SMILES string of the molecule is Cc1ccc(S(=O)(=O)OCC(F)COCc2ccccc2)cc1. The largest absolute Gasteiger partial charge is 0.374 e. The molecule has 0 bridgehead atoms. The van der Waals surface area contributed by atoms with E-state index < -0.39 is 22.9 Å². The topological polar surface area (TPSA) is 52.6 Å². The summed E-state index contributed by atoms with van der Waals surface area (Å²) in [5, 5.41) is 0. The standard InChI is InChI=1S/C17H19FO4S/c1-14-7-9-17(10-8-14)23(19,20)22-13-16(18)12-21-11-15-5-3-2-4-6-15/h2-10,16H,11-13H2,1H3. The van der Waals surface area contributed by atoms with Gasteiger partial charge in [0.25, 0.3) is 10.1 Å². The fourth-order valence-corrected chi connectivity index (χ4v) is 2.80. The van der Waals surface area contributed by atoms with E-state index in [0.717, 1.165) is 11.1 Å². The zero-order chi connectivity index (χ0) is 16.7. The number of alkyl halides is 1. The number of rotatable bonds is 8. The first-order chi connectivity index (χ1) is 11.0. The highest BCUT2D eigenvalue weighted by Gasteiger charge is 2.18. The van der Waals surface area contributed by atoms with Crippen molar-refractivity contribution in [2.45, 2.75) is 24.6 Å². The van der Waals surface area contributed by atoms with E-state index in [9.17, 15) is 12.8 Å². The van der Waals surface area contributed by atoms with Crippen molar-refractivity contribution in [2.24, 2.45) is 0 Å². The fraction of sp³-hybridized carbons (Fsp3) is 0.294. The van der Waals surface area contributed by atoms with Gasteiger partial charge in [0.1, 0.15) is 12.8 Å². The molecule has 2 aromatic carbocycles. The summed E-state index contributed by atoms with van der Waals surface area (Å²) in [5.41, 5.74) is 1.86. The molecule has 4 nitrogen and oxygen atoms in total. The lowest BCUT2D eigenvalue weighted by Gasteiger charge is -2.10. The van der Waals surface area contributed by atoms with Crippen LogP contribution in [0.5, 0.6) is 0 Å². The molecule has 0 amide bonds. The van der Waals surface area contributed by atoms with Crippen LogP contribution >= 0.6 is 0 Å². The second-order valence-corrected chi connectivity index (χ2v) is 6.77. The molecule has 0 heterocycles. The summed E-state index contributed by atoms with van der Waals surface area (Å²) in [6, 6.07) is 15.5. The number of hydrogen-bond donors (Lipinski definition) is 0. The first-order valence-corrected chi connectivity index (χ1v) is 8.60. The summed E-state index contributed by atoms with van der Waals surface area (Å²) in [7, 11) is -3.94. The summed E-state index contributed by atoms with van der Waals surface area (Å²) >= 11 is 0. The maximum Gasteiger partial charge on any atom is 0.297 e. The number of aryl methyl sites for hydroxylation is 1. The molecule has 2 aromatic rings. The second-order valence-electron chi connectivity index (χ2n) is 5.15. The lowest BCUT2D eigenvalue weighted by atomic mass is 10.2.